The monoisotopic (exact) mass is 210 g/mol. The van der Waals surface area contributed by atoms with Gasteiger partial charge in [0.1, 0.15) is 0 Å². The van der Waals surface area contributed by atoms with Crippen molar-refractivity contribution in [3.8, 4) is 0 Å². The van der Waals surface area contributed by atoms with E-state index < -0.39 is 0 Å². The van der Waals surface area contributed by atoms with Gasteiger partial charge in [-0.05, 0) is 33.2 Å². The summed E-state index contributed by atoms with van der Waals surface area (Å²) in [5.74, 6) is 0.245. The highest BCUT2D eigenvalue weighted by Gasteiger charge is 2.30. The topological polar surface area (TPSA) is 23.6 Å². The first-order valence-electron chi connectivity index (χ1n) is 5.61. The SMILES string of the molecule is CC(C)=CCN1CCC[C@@H]1C(=O)N(C)C. The van der Waals surface area contributed by atoms with Crippen LogP contribution in [0.4, 0.5) is 0 Å². The molecular weight excluding hydrogens is 188 g/mol. The zero-order valence-corrected chi connectivity index (χ0v) is 10.3. The third-order valence-electron chi connectivity index (χ3n) is 2.82. The van der Waals surface area contributed by atoms with Crippen LogP contribution in [0.2, 0.25) is 0 Å². The second-order valence-corrected chi connectivity index (χ2v) is 4.67. The first-order valence-corrected chi connectivity index (χ1v) is 5.61. The second-order valence-electron chi connectivity index (χ2n) is 4.67. The fourth-order valence-electron chi connectivity index (χ4n) is 1.92. The highest BCUT2D eigenvalue weighted by atomic mass is 16.2. The smallest absolute Gasteiger partial charge is 0.239 e. The van der Waals surface area contributed by atoms with Crippen molar-refractivity contribution in [3.05, 3.63) is 11.6 Å². The van der Waals surface area contributed by atoms with Gasteiger partial charge in [0.2, 0.25) is 5.91 Å². The average Bonchev–Trinajstić information content (AvgIpc) is 2.60. The number of carbonyl (C=O) groups is 1. The van der Waals surface area contributed by atoms with E-state index in [0.29, 0.717) is 0 Å². The molecule has 3 heteroatoms. The van der Waals surface area contributed by atoms with Crippen molar-refractivity contribution in [2.24, 2.45) is 0 Å². The van der Waals surface area contributed by atoms with E-state index in [0.717, 1.165) is 25.9 Å². The standard InChI is InChI=1S/C12H22N2O/c1-10(2)7-9-14-8-5-6-11(14)12(15)13(3)4/h7,11H,5-6,8-9H2,1-4H3/t11-/m1/s1. The Kier molecular flexibility index (Phi) is 4.33. The molecule has 1 atom stereocenters. The Morgan fingerprint density at radius 1 is 1.47 bits per heavy atom. The van der Waals surface area contributed by atoms with Crippen LogP contribution >= 0.6 is 0 Å². The molecule has 1 aliphatic rings. The van der Waals surface area contributed by atoms with Gasteiger partial charge in [0.05, 0.1) is 6.04 Å². The molecule has 86 valence electrons. The normalized spacial score (nSPS) is 21.5. The van der Waals surface area contributed by atoms with E-state index in [4.69, 9.17) is 0 Å². The molecule has 0 aromatic carbocycles. The summed E-state index contributed by atoms with van der Waals surface area (Å²) >= 11 is 0. The lowest BCUT2D eigenvalue weighted by Gasteiger charge is -2.25. The maximum absolute atomic E-state index is 11.9. The summed E-state index contributed by atoms with van der Waals surface area (Å²) in [5.41, 5.74) is 1.32. The number of likely N-dealkylation sites (N-methyl/N-ethyl adjacent to an activating group) is 1. The molecule has 1 saturated heterocycles. The lowest BCUT2D eigenvalue weighted by molar-refractivity contribution is -0.133. The van der Waals surface area contributed by atoms with Gasteiger partial charge >= 0.3 is 0 Å². The first kappa shape index (κ1) is 12.2. The van der Waals surface area contributed by atoms with Crippen LogP contribution in [0.5, 0.6) is 0 Å². The van der Waals surface area contributed by atoms with Crippen molar-refractivity contribution in [2.75, 3.05) is 27.2 Å². The summed E-state index contributed by atoms with van der Waals surface area (Å²) in [4.78, 5) is 15.8. The average molecular weight is 210 g/mol. The molecule has 3 nitrogen and oxygen atoms in total. The summed E-state index contributed by atoms with van der Waals surface area (Å²) < 4.78 is 0. The molecule has 0 aromatic heterocycles. The van der Waals surface area contributed by atoms with E-state index in [-0.39, 0.29) is 11.9 Å². The molecule has 0 spiro atoms. The molecule has 0 radical (unpaired) electrons. The molecule has 0 saturated carbocycles. The van der Waals surface area contributed by atoms with Gasteiger partial charge in [0, 0.05) is 20.6 Å². The number of allylic oxidation sites excluding steroid dienone is 1. The third kappa shape index (κ3) is 3.34. The van der Waals surface area contributed by atoms with Gasteiger partial charge in [0.25, 0.3) is 0 Å². The van der Waals surface area contributed by atoms with Crippen molar-refractivity contribution < 1.29 is 4.79 Å². The van der Waals surface area contributed by atoms with Crippen LogP contribution in [0.15, 0.2) is 11.6 Å². The number of hydrogen-bond acceptors (Lipinski definition) is 2. The fourth-order valence-corrected chi connectivity index (χ4v) is 1.92. The van der Waals surface area contributed by atoms with E-state index in [2.05, 4.69) is 24.8 Å². The number of nitrogens with zero attached hydrogens (tertiary/aromatic N) is 2. The molecule has 1 aliphatic heterocycles. The van der Waals surface area contributed by atoms with Crippen LogP contribution in [-0.2, 0) is 4.79 Å². The van der Waals surface area contributed by atoms with Crippen LogP contribution in [-0.4, -0.2) is 48.9 Å². The van der Waals surface area contributed by atoms with Gasteiger partial charge in [-0.3, -0.25) is 9.69 Å². The molecular formula is C12H22N2O. The van der Waals surface area contributed by atoms with Gasteiger partial charge in [-0.1, -0.05) is 11.6 Å². The quantitative estimate of drug-likeness (QED) is 0.659. The molecule has 15 heavy (non-hydrogen) atoms. The van der Waals surface area contributed by atoms with Gasteiger partial charge in [0.15, 0.2) is 0 Å². The molecule has 0 aliphatic carbocycles. The molecule has 1 heterocycles. The number of likely N-dealkylation sites (tertiary alicyclic amines) is 1. The van der Waals surface area contributed by atoms with E-state index in [9.17, 15) is 4.79 Å². The van der Waals surface area contributed by atoms with Crippen LogP contribution in [0, 0.1) is 0 Å². The summed E-state index contributed by atoms with van der Waals surface area (Å²) in [7, 11) is 3.67. The first-order chi connectivity index (χ1) is 7.02. The predicted molar refractivity (Wildman–Crippen MR) is 62.7 cm³/mol. The summed E-state index contributed by atoms with van der Waals surface area (Å²) in [6, 6.07) is 0.107. The maximum Gasteiger partial charge on any atom is 0.239 e. The highest BCUT2D eigenvalue weighted by Crippen LogP contribution is 2.18. The van der Waals surface area contributed by atoms with Crippen molar-refractivity contribution in [1.82, 2.24) is 9.80 Å². The number of rotatable bonds is 3. The number of amides is 1. The highest BCUT2D eigenvalue weighted by molar-refractivity contribution is 5.81. The number of carbonyl (C=O) groups excluding carboxylic acids is 1. The van der Waals surface area contributed by atoms with E-state index in [1.807, 2.05) is 14.1 Å². The molecule has 1 amide bonds. The Hall–Kier alpha value is -0.830. The minimum atomic E-state index is 0.107. The third-order valence-corrected chi connectivity index (χ3v) is 2.82. The van der Waals surface area contributed by atoms with Crippen molar-refractivity contribution >= 4 is 5.91 Å². The van der Waals surface area contributed by atoms with Gasteiger partial charge in [-0.2, -0.15) is 0 Å². The summed E-state index contributed by atoms with van der Waals surface area (Å²) in [6.45, 7) is 6.15. The number of hydrogen-bond donors (Lipinski definition) is 0. The Labute approximate surface area is 92.7 Å². The minimum Gasteiger partial charge on any atom is -0.347 e. The minimum absolute atomic E-state index is 0.107. The van der Waals surface area contributed by atoms with Crippen LogP contribution in [0.3, 0.4) is 0 Å². The second kappa shape index (κ2) is 5.31. The lowest BCUT2D eigenvalue weighted by atomic mass is 10.2. The predicted octanol–water partition coefficient (Wildman–Crippen LogP) is 1.51. The Morgan fingerprint density at radius 3 is 2.67 bits per heavy atom. The van der Waals surface area contributed by atoms with Gasteiger partial charge in [-0.15, -0.1) is 0 Å². The van der Waals surface area contributed by atoms with E-state index >= 15 is 0 Å². The summed E-state index contributed by atoms with van der Waals surface area (Å²) in [6.07, 6.45) is 4.34. The Morgan fingerprint density at radius 2 is 2.13 bits per heavy atom. The molecule has 0 N–H and O–H groups in total. The molecule has 0 aromatic rings. The molecule has 1 rings (SSSR count). The van der Waals surface area contributed by atoms with Gasteiger partial charge in [-0.25, -0.2) is 0 Å². The van der Waals surface area contributed by atoms with E-state index in [1.54, 1.807) is 4.90 Å². The Balaban J connectivity index is 2.57. The van der Waals surface area contributed by atoms with Crippen molar-refractivity contribution in [1.29, 1.82) is 0 Å². The summed E-state index contributed by atoms with van der Waals surface area (Å²) in [5, 5.41) is 0. The van der Waals surface area contributed by atoms with Crippen molar-refractivity contribution in [3.63, 3.8) is 0 Å². The molecule has 1 fully saturated rings. The zero-order chi connectivity index (χ0) is 11.4. The van der Waals surface area contributed by atoms with Crippen LogP contribution < -0.4 is 0 Å². The Bertz CT molecular complexity index is 254. The molecule has 0 unspecified atom stereocenters. The van der Waals surface area contributed by atoms with Gasteiger partial charge < -0.3 is 4.90 Å². The maximum atomic E-state index is 11.9. The zero-order valence-electron chi connectivity index (χ0n) is 10.3. The van der Waals surface area contributed by atoms with Crippen molar-refractivity contribution in [2.45, 2.75) is 32.7 Å². The lowest BCUT2D eigenvalue weighted by Crippen LogP contribution is -2.42. The van der Waals surface area contributed by atoms with Crippen LogP contribution in [0.25, 0.3) is 0 Å². The fraction of sp³-hybridized carbons (Fsp3) is 0.750. The van der Waals surface area contributed by atoms with E-state index in [1.165, 1.54) is 5.57 Å². The van der Waals surface area contributed by atoms with Crippen LogP contribution in [0.1, 0.15) is 26.7 Å². The largest absolute Gasteiger partial charge is 0.347 e. The molecule has 0 bridgehead atoms.